The Morgan fingerprint density at radius 3 is 3.04 bits per heavy atom. The Morgan fingerprint density at radius 1 is 1.48 bits per heavy atom. The summed E-state index contributed by atoms with van der Waals surface area (Å²) in [5.41, 5.74) is 1.60. The molecule has 1 aliphatic heterocycles. The second-order valence-electron chi connectivity index (χ2n) is 6.17. The van der Waals surface area contributed by atoms with Crippen LogP contribution >= 0.6 is 0 Å². The van der Waals surface area contributed by atoms with E-state index in [1.54, 1.807) is 18.1 Å². The highest BCUT2D eigenvalue weighted by Crippen LogP contribution is 2.22. The van der Waals surface area contributed by atoms with E-state index < -0.39 is 0 Å². The molecule has 3 heterocycles. The Labute approximate surface area is 134 Å². The quantitative estimate of drug-likeness (QED) is 0.840. The number of hydrogen-bond donors (Lipinski definition) is 0. The molecule has 0 fully saturated rings. The fourth-order valence-corrected chi connectivity index (χ4v) is 2.69. The molecule has 0 N–H and O–H groups in total. The summed E-state index contributed by atoms with van der Waals surface area (Å²) in [6.07, 6.45) is 1.44. The number of methoxy groups -OCH3 is 1. The van der Waals surface area contributed by atoms with E-state index in [0.717, 1.165) is 23.6 Å². The molecule has 2 aromatic heterocycles. The first kappa shape index (κ1) is 15.7. The average Bonchev–Trinajstić information content (AvgIpc) is 3.11. The summed E-state index contributed by atoms with van der Waals surface area (Å²) in [5.74, 6) is 1.97. The molecule has 7 heteroatoms. The Balaban J connectivity index is 1.70. The third-order valence-electron chi connectivity index (χ3n) is 3.71. The standard InChI is InChI=1S/C16H21N3O4/c1-10(2)6-11-7-14(23-18-11)16(20)19-5-4-13-12(8-19)17-15(22-13)9-21-3/h7,10H,4-6,8-9H2,1-3H3. The van der Waals surface area contributed by atoms with Crippen molar-refractivity contribution in [2.45, 2.75) is 39.8 Å². The van der Waals surface area contributed by atoms with Gasteiger partial charge in [-0.2, -0.15) is 0 Å². The van der Waals surface area contributed by atoms with Crippen molar-refractivity contribution in [3.8, 4) is 0 Å². The van der Waals surface area contributed by atoms with Crippen LogP contribution in [0, 0.1) is 5.92 Å². The Hall–Kier alpha value is -2.15. The summed E-state index contributed by atoms with van der Waals surface area (Å²) in [6, 6.07) is 1.73. The molecule has 0 saturated carbocycles. The first-order valence-corrected chi connectivity index (χ1v) is 7.78. The van der Waals surface area contributed by atoms with Crippen LogP contribution in [-0.2, 0) is 30.7 Å². The lowest BCUT2D eigenvalue weighted by Crippen LogP contribution is -2.35. The number of carbonyl (C=O) groups excluding carboxylic acids is 1. The minimum atomic E-state index is -0.158. The number of rotatable bonds is 5. The van der Waals surface area contributed by atoms with Crippen LogP contribution in [-0.4, -0.2) is 34.6 Å². The molecule has 0 aromatic carbocycles. The van der Waals surface area contributed by atoms with Gasteiger partial charge in [0.1, 0.15) is 18.1 Å². The summed E-state index contributed by atoms with van der Waals surface area (Å²) in [5, 5.41) is 3.97. The smallest absolute Gasteiger partial charge is 0.292 e. The van der Waals surface area contributed by atoms with Gasteiger partial charge in [0.05, 0.1) is 12.2 Å². The van der Waals surface area contributed by atoms with Crippen molar-refractivity contribution in [2.24, 2.45) is 5.92 Å². The second-order valence-corrected chi connectivity index (χ2v) is 6.17. The molecule has 3 rings (SSSR count). The Kier molecular flexibility index (Phi) is 4.47. The van der Waals surface area contributed by atoms with Gasteiger partial charge in [-0.05, 0) is 12.3 Å². The zero-order valence-electron chi connectivity index (χ0n) is 13.7. The topological polar surface area (TPSA) is 81.6 Å². The van der Waals surface area contributed by atoms with E-state index in [4.69, 9.17) is 13.7 Å². The minimum absolute atomic E-state index is 0.158. The second kappa shape index (κ2) is 6.54. The van der Waals surface area contributed by atoms with Crippen molar-refractivity contribution in [1.29, 1.82) is 0 Å². The van der Waals surface area contributed by atoms with Crippen LogP contribution in [0.1, 0.15) is 47.4 Å². The fourth-order valence-electron chi connectivity index (χ4n) is 2.69. The van der Waals surface area contributed by atoms with Crippen LogP contribution in [0.4, 0.5) is 0 Å². The maximum atomic E-state index is 12.6. The van der Waals surface area contributed by atoms with Crippen LogP contribution in [0.5, 0.6) is 0 Å². The summed E-state index contributed by atoms with van der Waals surface area (Å²) in [6.45, 7) is 5.53. The SMILES string of the molecule is COCc1nc2c(o1)CCN(C(=O)c1cc(CC(C)C)no1)C2. The maximum Gasteiger partial charge on any atom is 0.292 e. The highest BCUT2D eigenvalue weighted by Gasteiger charge is 2.28. The lowest BCUT2D eigenvalue weighted by Gasteiger charge is -2.23. The van der Waals surface area contributed by atoms with Crippen LogP contribution in [0.2, 0.25) is 0 Å². The molecule has 124 valence electrons. The van der Waals surface area contributed by atoms with Crippen LogP contribution < -0.4 is 0 Å². The maximum absolute atomic E-state index is 12.6. The summed E-state index contributed by atoms with van der Waals surface area (Å²) < 4.78 is 15.8. The van der Waals surface area contributed by atoms with Gasteiger partial charge in [0, 0.05) is 26.1 Å². The number of hydrogen-bond acceptors (Lipinski definition) is 6. The van der Waals surface area contributed by atoms with E-state index in [-0.39, 0.29) is 11.7 Å². The molecule has 2 aromatic rings. The average molecular weight is 319 g/mol. The highest BCUT2D eigenvalue weighted by atomic mass is 16.5. The normalized spacial score (nSPS) is 14.3. The van der Waals surface area contributed by atoms with Gasteiger partial charge < -0.3 is 18.6 Å². The summed E-state index contributed by atoms with van der Waals surface area (Å²) in [4.78, 5) is 18.6. The fraction of sp³-hybridized carbons (Fsp3) is 0.562. The minimum Gasteiger partial charge on any atom is -0.443 e. The van der Waals surface area contributed by atoms with Crippen LogP contribution in [0.15, 0.2) is 15.0 Å². The van der Waals surface area contributed by atoms with Crippen molar-refractivity contribution in [3.63, 3.8) is 0 Å². The molecule has 0 bridgehead atoms. The van der Waals surface area contributed by atoms with E-state index in [1.807, 2.05) is 0 Å². The van der Waals surface area contributed by atoms with Gasteiger partial charge in [-0.3, -0.25) is 4.79 Å². The van der Waals surface area contributed by atoms with Crippen molar-refractivity contribution >= 4 is 5.91 Å². The van der Waals surface area contributed by atoms with Gasteiger partial charge in [0.15, 0.2) is 0 Å². The molecule has 1 amide bonds. The van der Waals surface area contributed by atoms with Crippen molar-refractivity contribution < 1.29 is 18.5 Å². The van der Waals surface area contributed by atoms with E-state index in [9.17, 15) is 4.79 Å². The molecular formula is C16H21N3O4. The zero-order chi connectivity index (χ0) is 16.4. The molecule has 0 unspecified atom stereocenters. The predicted octanol–water partition coefficient (Wildman–Crippen LogP) is 2.21. The highest BCUT2D eigenvalue weighted by molar-refractivity contribution is 5.91. The van der Waals surface area contributed by atoms with Gasteiger partial charge in [-0.25, -0.2) is 4.98 Å². The molecule has 0 saturated heterocycles. The molecule has 7 nitrogen and oxygen atoms in total. The molecule has 0 spiro atoms. The third kappa shape index (κ3) is 3.44. The van der Waals surface area contributed by atoms with E-state index in [2.05, 4.69) is 24.0 Å². The molecule has 0 atom stereocenters. The van der Waals surface area contributed by atoms with Crippen molar-refractivity contribution in [1.82, 2.24) is 15.0 Å². The van der Waals surface area contributed by atoms with Crippen molar-refractivity contribution in [3.05, 3.63) is 34.9 Å². The molecule has 23 heavy (non-hydrogen) atoms. The number of nitrogens with zero attached hydrogens (tertiary/aromatic N) is 3. The van der Waals surface area contributed by atoms with E-state index >= 15 is 0 Å². The molecular weight excluding hydrogens is 298 g/mol. The number of fused-ring (bicyclic) bond motifs is 1. The number of amides is 1. The first-order valence-electron chi connectivity index (χ1n) is 7.78. The van der Waals surface area contributed by atoms with Gasteiger partial charge >= 0.3 is 0 Å². The zero-order valence-corrected chi connectivity index (χ0v) is 13.7. The lowest BCUT2D eigenvalue weighted by molar-refractivity contribution is 0.0685. The Bertz CT molecular complexity index is 689. The number of oxazole rings is 1. The third-order valence-corrected chi connectivity index (χ3v) is 3.71. The van der Waals surface area contributed by atoms with E-state index in [0.29, 0.717) is 37.9 Å². The van der Waals surface area contributed by atoms with E-state index in [1.165, 1.54) is 0 Å². The van der Waals surface area contributed by atoms with Gasteiger partial charge in [-0.15, -0.1) is 0 Å². The number of aromatic nitrogens is 2. The molecule has 0 aliphatic carbocycles. The number of ether oxygens (including phenoxy) is 1. The summed E-state index contributed by atoms with van der Waals surface area (Å²) in [7, 11) is 1.59. The lowest BCUT2D eigenvalue weighted by atomic mass is 10.1. The van der Waals surface area contributed by atoms with Crippen molar-refractivity contribution in [2.75, 3.05) is 13.7 Å². The Morgan fingerprint density at radius 2 is 2.30 bits per heavy atom. The molecule has 1 aliphatic rings. The van der Waals surface area contributed by atoms with Crippen LogP contribution in [0.25, 0.3) is 0 Å². The van der Waals surface area contributed by atoms with Gasteiger partial charge in [-0.1, -0.05) is 19.0 Å². The molecule has 0 radical (unpaired) electrons. The summed E-state index contributed by atoms with van der Waals surface area (Å²) >= 11 is 0. The van der Waals surface area contributed by atoms with Gasteiger partial charge in [0.25, 0.3) is 5.91 Å². The van der Waals surface area contributed by atoms with Crippen LogP contribution in [0.3, 0.4) is 0 Å². The number of carbonyl (C=O) groups is 1. The van der Waals surface area contributed by atoms with Gasteiger partial charge in [0.2, 0.25) is 11.7 Å². The first-order chi connectivity index (χ1) is 11.1. The largest absolute Gasteiger partial charge is 0.443 e. The predicted molar refractivity (Wildman–Crippen MR) is 80.7 cm³/mol. The monoisotopic (exact) mass is 319 g/mol.